The highest BCUT2D eigenvalue weighted by Gasteiger charge is 2.50. The minimum Gasteiger partial charge on any atom is -0.384 e. The number of carbonyl (C=O) groups excluding carboxylic acids is 2. The van der Waals surface area contributed by atoms with Crippen LogP contribution < -0.4 is 0 Å². The molecule has 5 nitrogen and oxygen atoms in total. The van der Waals surface area contributed by atoms with Gasteiger partial charge in [0.25, 0.3) is 5.91 Å². The molecule has 2 saturated heterocycles. The van der Waals surface area contributed by atoms with Crippen molar-refractivity contribution in [3.8, 4) is 0 Å². The summed E-state index contributed by atoms with van der Waals surface area (Å²) in [6, 6.07) is 15.4. The zero-order valence-electron chi connectivity index (χ0n) is 16.5. The van der Waals surface area contributed by atoms with Gasteiger partial charge in [-0.25, -0.2) is 4.39 Å². The first-order valence-corrected chi connectivity index (χ1v) is 9.96. The Kier molecular flexibility index (Phi) is 5.62. The second-order valence-electron chi connectivity index (χ2n) is 7.79. The van der Waals surface area contributed by atoms with E-state index in [1.54, 1.807) is 25.3 Å². The van der Waals surface area contributed by atoms with E-state index < -0.39 is 0 Å². The summed E-state index contributed by atoms with van der Waals surface area (Å²) in [5, 5.41) is 0. The van der Waals surface area contributed by atoms with Crippen LogP contribution in [-0.2, 0) is 9.53 Å². The van der Waals surface area contributed by atoms with Crippen LogP contribution in [0.1, 0.15) is 28.4 Å². The van der Waals surface area contributed by atoms with E-state index in [9.17, 15) is 14.0 Å². The van der Waals surface area contributed by atoms with Crippen molar-refractivity contribution in [2.75, 3.05) is 33.4 Å². The highest BCUT2D eigenvalue weighted by Crippen LogP contribution is 2.45. The van der Waals surface area contributed by atoms with Crippen LogP contribution in [0.25, 0.3) is 0 Å². The molecule has 2 heterocycles. The van der Waals surface area contributed by atoms with Crippen molar-refractivity contribution in [1.82, 2.24) is 9.80 Å². The van der Waals surface area contributed by atoms with Crippen LogP contribution in [0, 0.1) is 17.7 Å². The van der Waals surface area contributed by atoms with E-state index in [1.807, 2.05) is 34.1 Å². The number of rotatable bonds is 5. The molecular formula is C23H25FN2O3. The summed E-state index contributed by atoms with van der Waals surface area (Å²) in [7, 11) is 1.58. The number of hydrogen-bond acceptors (Lipinski definition) is 3. The van der Waals surface area contributed by atoms with Gasteiger partial charge in [-0.1, -0.05) is 30.3 Å². The fraction of sp³-hybridized carbons (Fsp3) is 0.391. The number of nitrogens with zero attached hydrogens (tertiary/aromatic N) is 2. The maximum Gasteiger partial charge on any atom is 0.254 e. The normalized spacial score (nSPS) is 23.3. The zero-order valence-corrected chi connectivity index (χ0v) is 16.5. The van der Waals surface area contributed by atoms with Gasteiger partial charge in [0.1, 0.15) is 5.82 Å². The minimum absolute atomic E-state index is 0.0495. The van der Waals surface area contributed by atoms with Crippen molar-refractivity contribution in [1.29, 1.82) is 0 Å². The Morgan fingerprint density at radius 1 is 1.07 bits per heavy atom. The lowest BCUT2D eigenvalue weighted by molar-refractivity contribution is -0.131. The molecule has 6 heteroatoms. The van der Waals surface area contributed by atoms with Crippen LogP contribution in [0.15, 0.2) is 54.6 Å². The van der Waals surface area contributed by atoms with Crippen molar-refractivity contribution < 1.29 is 18.7 Å². The monoisotopic (exact) mass is 396 g/mol. The Hall–Kier alpha value is -2.73. The molecule has 0 spiro atoms. The molecule has 2 aromatic carbocycles. The number of carbonyl (C=O) groups is 2. The molecule has 0 unspecified atom stereocenters. The third kappa shape index (κ3) is 3.90. The fourth-order valence-corrected chi connectivity index (χ4v) is 4.67. The Labute approximate surface area is 170 Å². The largest absolute Gasteiger partial charge is 0.384 e. The van der Waals surface area contributed by atoms with Gasteiger partial charge < -0.3 is 14.5 Å². The van der Waals surface area contributed by atoms with E-state index in [2.05, 4.69) is 0 Å². The van der Waals surface area contributed by atoms with Gasteiger partial charge in [0.2, 0.25) is 5.91 Å². The Bertz CT molecular complexity index is 889. The van der Waals surface area contributed by atoms with Crippen molar-refractivity contribution in [3.63, 3.8) is 0 Å². The van der Waals surface area contributed by atoms with E-state index in [0.717, 1.165) is 5.56 Å². The van der Waals surface area contributed by atoms with Gasteiger partial charge in [-0.3, -0.25) is 9.59 Å². The molecule has 2 fully saturated rings. The molecule has 0 bridgehead atoms. The van der Waals surface area contributed by atoms with Crippen molar-refractivity contribution in [2.45, 2.75) is 12.5 Å². The summed E-state index contributed by atoms with van der Waals surface area (Å²) in [6.45, 7) is 2.16. The summed E-state index contributed by atoms with van der Waals surface area (Å²) < 4.78 is 19.0. The van der Waals surface area contributed by atoms with Crippen LogP contribution in [-0.4, -0.2) is 55.0 Å². The van der Waals surface area contributed by atoms with Gasteiger partial charge in [-0.05, 0) is 29.8 Å². The SMILES string of the molecule is COCCC(=O)N1C[C@H]2CN(C(=O)c3ccccc3)[C@@H](c3cccc(F)c3)[C@H]2C1. The predicted molar refractivity (Wildman–Crippen MR) is 107 cm³/mol. The van der Waals surface area contributed by atoms with E-state index >= 15 is 0 Å². The third-order valence-corrected chi connectivity index (χ3v) is 6.01. The number of methoxy groups -OCH3 is 1. The second-order valence-corrected chi connectivity index (χ2v) is 7.79. The fourth-order valence-electron chi connectivity index (χ4n) is 4.67. The number of ether oxygens (including phenoxy) is 1. The molecular weight excluding hydrogens is 371 g/mol. The molecule has 2 aromatic rings. The molecule has 0 radical (unpaired) electrons. The molecule has 152 valence electrons. The Balaban J connectivity index is 1.61. The zero-order chi connectivity index (χ0) is 20.4. The number of benzene rings is 2. The van der Waals surface area contributed by atoms with E-state index in [4.69, 9.17) is 4.74 Å². The van der Waals surface area contributed by atoms with E-state index in [1.165, 1.54) is 12.1 Å². The molecule has 2 amide bonds. The first kappa shape index (κ1) is 19.6. The molecule has 4 rings (SSSR count). The average Bonchev–Trinajstić information content (AvgIpc) is 3.30. The van der Waals surface area contributed by atoms with Gasteiger partial charge in [0, 0.05) is 44.1 Å². The standard InChI is InChI=1S/C23H25FN2O3/c1-29-11-10-21(27)25-13-18-14-26(23(28)16-6-3-2-4-7-16)22(20(18)15-25)17-8-5-9-19(24)12-17/h2-9,12,18,20,22H,10-11,13-15H2,1H3/t18-,20-,22-/m0/s1. The van der Waals surface area contributed by atoms with Gasteiger partial charge in [-0.2, -0.15) is 0 Å². The van der Waals surface area contributed by atoms with Crippen molar-refractivity contribution >= 4 is 11.8 Å². The van der Waals surface area contributed by atoms with Gasteiger partial charge in [0.15, 0.2) is 0 Å². The Morgan fingerprint density at radius 3 is 2.59 bits per heavy atom. The Morgan fingerprint density at radius 2 is 1.86 bits per heavy atom. The minimum atomic E-state index is -0.316. The maximum absolute atomic E-state index is 14.0. The summed E-state index contributed by atoms with van der Waals surface area (Å²) in [5.41, 5.74) is 1.41. The molecule has 0 saturated carbocycles. The van der Waals surface area contributed by atoms with Crippen LogP contribution >= 0.6 is 0 Å². The molecule has 3 atom stereocenters. The summed E-state index contributed by atoms with van der Waals surface area (Å²) >= 11 is 0. The third-order valence-electron chi connectivity index (χ3n) is 6.01. The van der Waals surface area contributed by atoms with Crippen molar-refractivity contribution in [3.05, 3.63) is 71.5 Å². The number of amides is 2. The van der Waals surface area contributed by atoms with Crippen LogP contribution in [0.2, 0.25) is 0 Å². The molecule has 2 aliphatic rings. The van der Waals surface area contributed by atoms with Gasteiger partial charge in [0.05, 0.1) is 19.1 Å². The van der Waals surface area contributed by atoms with Crippen molar-refractivity contribution in [2.24, 2.45) is 11.8 Å². The smallest absolute Gasteiger partial charge is 0.254 e. The van der Waals surface area contributed by atoms with E-state index in [-0.39, 0.29) is 35.5 Å². The average molecular weight is 396 g/mol. The van der Waals surface area contributed by atoms with Crippen LogP contribution in [0.5, 0.6) is 0 Å². The molecule has 0 N–H and O–H groups in total. The number of likely N-dealkylation sites (tertiary alicyclic amines) is 2. The summed E-state index contributed by atoms with van der Waals surface area (Å²) in [4.78, 5) is 29.4. The number of fused-ring (bicyclic) bond motifs is 1. The predicted octanol–water partition coefficient (Wildman–Crippen LogP) is 3.13. The molecule has 29 heavy (non-hydrogen) atoms. The number of hydrogen-bond donors (Lipinski definition) is 0. The van der Waals surface area contributed by atoms with Crippen LogP contribution in [0.4, 0.5) is 4.39 Å². The second kappa shape index (κ2) is 8.33. The summed E-state index contributed by atoms with van der Waals surface area (Å²) in [5.74, 6) is -0.0193. The topological polar surface area (TPSA) is 49.9 Å². The first-order chi connectivity index (χ1) is 14.1. The molecule has 0 aromatic heterocycles. The van der Waals surface area contributed by atoms with Gasteiger partial charge in [-0.15, -0.1) is 0 Å². The highest BCUT2D eigenvalue weighted by atomic mass is 19.1. The summed E-state index contributed by atoms with van der Waals surface area (Å²) in [6.07, 6.45) is 0.354. The van der Waals surface area contributed by atoms with E-state index in [0.29, 0.717) is 38.2 Å². The lowest BCUT2D eigenvalue weighted by atomic mass is 9.89. The van der Waals surface area contributed by atoms with Crippen LogP contribution in [0.3, 0.4) is 0 Å². The highest BCUT2D eigenvalue weighted by molar-refractivity contribution is 5.94. The maximum atomic E-state index is 14.0. The lowest BCUT2D eigenvalue weighted by Crippen LogP contribution is -2.37. The first-order valence-electron chi connectivity index (χ1n) is 9.96. The number of halogens is 1. The van der Waals surface area contributed by atoms with Gasteiger partial charge >= 0.3 is 0 Å². The molecule has 0 aliphatic carbocycles. The molecule has 2 aliphatic heterocycles. The lowest BCUT2D eigenvalue weighted by Gasteiger charge is -2.30. The quantitative estimate of drug-likeness (QED) is 0.780.